The van der Waals surface area contributed by atoms with E-state index in [-0.39, 0.29) is 11.7 Å². The lowest BCUT2D eigenvalue weighted by molar-refractivity contribution is 0.168. The molecule has 42 heavy (non-hydrogen) atoms. The molecule has 1 atom stereocenters. The van der Waals surface area contributed by atoms with Crippen LogP contribution in [0.25, 0.3) is 5.70 Å². The topological polar surface area (TPSA) is 28.1 Å². The molecular weight excluding hydrogens is 521 g/mol. The predicted octanol–water partition coefficient (Wildman–Crippen LogP) is 9.64. The number of nitrogens with zero attached hydrogens (tertiary/aromatic N) is 3. The van der Waals surface area contributed by atoms with Gasteiger partial charge in [0, 0.05) is 48.7 Å². The summed E-state index contributed by atoms with van der Waals surface area (Å²) in [6.07, 6.45) is 14.1. The molecule has 1 aliphatic heterocycles. The van der Waals surface area contributed by atoms with E-state index in [0.29, 0.717) is 11.3 Å². The van der Waals surface area contributed by atoms with Gasteiger partial charge in [-0.3, -0.25) is 4.99 Å². The molecule has 2 aliphatic rings. The molecule has 1 aliphatic carbocycles. The van der Waals surface area contributed by atoms with Crippen molar-refractivity contribution in [3.63, 3.8) is 0 Å². The molecule has 1 heterocycles. The zero-order chi connectivity index (χ0) is 30.8. The second kappa shape index (κ2) is 16.1. The van der Waals surface area contributed by atoms with E-state index in [1.54, 1.807) is 13.0 Å². The Bertz CT molecular complexity index is 1270. The fraction of sp³-hybridized carbons (Fsp3) is 0.541. The average Bonchev–Trinajstić information content (AvgIpc) is 2.96. The van der Waals surface area contributed by atoms with Gasteiger partial charge >= 0.3 is 0 Å². The molecule has 0 spiro atoms. The lowest BCUT2D eigenvalue weighted by Gasteiger charge is -2.36. The Labute approximate surface area is 255 Å². The SMILES string of the molecule is C\C=C(/C=C\C(=N/C(=C\C(C)=C1CCC1)c1cc(F)c(C)c(O/C(C)=C(\C)CC)c1)C(C)CC)N1CCN(CC)CC1. The molecule has 1 aromatic rings. The number of ether oxygens (including phenoxy) is 1. The zero-order valence-corrected chi connectivity index (χ0v) is 27.7. The van der Waals surface area contributed by atoms with Crippen LogP contribution in [0.3, 0.4) is 0 Å². The van der Waals surface area contributed by atoms with Crippen LogP contribution in [-0.4, -0.2) is 48.2 Å². The highest BCUT2D eigenvalue weighted by atomic mass is 19.1. The van der Waals surface area contributed by atoms with Gasteiger partial charge in [-0.25, -0.2) is 4.39 Å². The maximum atomic E-state index is 15.4. The third-order valence-corrected chi connectivity index (χ3v) is 9.13. The van der Waals surface area contributed by atoms with Gasteiger partial charge in [0.15, 0.2) is 0 Å². The number of halogens is 1. The minimum Gasteiger partial charge on any atom is -0.462 e. The molecule has 1 saturated heterocycles. The number of allylic oxidation sites excluding steroid dienone is 8. The van der Waals surface area contributed by atoms with Gasteiger partial charge in [0.1, 0.15) is 11.6 Å². The fourth-order valence-corrected chi connectivity index (χ4v) is 5.18. The smallest absolute Gasteiger partial charge is 0.133 e. The number of aliphatic imine (C=N–C) groups is 1. The van der Waals surface area contributed by atoms with Crippen LogP contribution >= 0.6 is 0 Å². The van der Waals surface area contributed by atoms with Gasteiger partial charge in [-0.15, -0.1) is 0 Å². The van der Waals surface area contributed by atoms with Gasteiger partial charge in [0.25, 0.3) is 0 Å². The van der Waals surface area contributed by atoms with Gasteiger partial charge in [-0.2, -0.15) is 0 Å². The van der Waals surface area contributed by atoms with Crippen LogP contribution in [0.15, 0.2) is 69.6 Å². The third kappa shape index (κ3) is 8.80. The molecule has 230 valence electrons. The van der Waals surface area contributed by atoms with Crippen LogP contribution in [0.5, 0.6) is 5.75 Å². The Morgan fingerprint density at radius 2 is 1.74 bits per heavy atom. The van der Waals surface area contributed by atoms with E-state index in [1.165, 1.54) is 23.3 Å². The first-order chi connectivity index (χ1) is 20.1. The van der Waals surface area contributed by atoms with Crippen molar-refractivity contribution >= 4 is 11.4 Å². The van der Waals surface area contributed by atoms with Crippen molar-refractivity contribution in [2.75, 3.05) is 32.7 Å². The summed E-state index contributed by atoms with van der Waals surface area (Å²) in [6.45, 7) is 24.2. The van der Waals surface area contributed by atoms with Crippen molar-refractivity contribution in [3.8, 4) is 5.75 Å². The summed E-state index contributed by atoms with van der Waals surface area (Å²) in [4.78, 5) is 10.2. The molecule has 0 radical (unpaired) electrons. The molecule has 0 bridgehead atoms. The van der Waals surface area contributed by atoms with Gasteiger partial charge < -0.3 is 14.5 Å². The standard InChI is InChI=1S/C37H54FN3O/c1-10-26(5)30(9)42-37-25-32(24-34(38)29(37)8)36(23-28(7)31-15-14-16-31)39-35(27(6)11-2)18-17-33(12-3)41-21-19-40(13-4)20-22-41/h12,17-18,23-25,27H,10-11,13-16,19-22H2,1-9H3/b18-17-,30-26+,33-12+,36-23-,39-35+. The molecule has 0 N–H and O–H groups in total. The Morgan fingerprint density at radius 3 is 2.29 bits per heavy atom. The minimum atomic E-state index is -0.275. The Hall–Kier alpha value is -2.92. The fourth-order valence-electron chi connectivity index (χ4n) is 5.18. The van der Waals surface area contributed by atoms with E-state index >= 15 is 4.39 Å². The number of piperazine rings is 1. The second-order valence-corrected chi connectivity index (χ2v) is 11.9. The van der Waals surface area contributed by atoms with Crippen LogP contribution < -0.4 is 4.74 Å². The van der Waals surface area contributed by atoms with E-state index in [1.807, 2.05) is 13.0 Å². The van der Waals surface area contributed by atoms with Crippen LogP contribution in [0.4, 0.5) is 4.39 Å². The van der Waals surface area contributed by atoms with Crippen LogP contribution in [0.2, 0.25) is 0 Å². The molecular formula is C37H54FN3O. The van der Waals surface area contributed by atoms with Crippen LogP contribution in [0, 0.1) is 18.7 Å². The Balaban J connectivity index is 2.08. The molecule has 1 aromatic carbocycles. The van der Waals surface area contributed by atoms with E-state index < -0.39 is 0 Å². The summed E-state index contributed by atoms with van der Waals surface area (Å²) >= 11 is 0. The van der Waals surface area contributed by atoms with Crippen molar-refractivity contribution in [2.45, 2.75) is 94.4 Å². The summed E-state index contributed by atoms with van der Waals surface area (Å²) < 4.78 is 21.6. The summed E-state index contributed by atoms with van der Waals surface area (Å²) in [5.41, 5.74) is 8.12. The van der Waals surface area contributed by atoms with Gasteiger partial charge in [0.2, 0.25) is 0 Å². The van der Waals surface area contributed by atoms with E-state index in [0.717, 1.165) is 86.7 Å². The molecule has 4 nitrogen and oxygen atoms in total. The van der Waals surface area contributed by atoms with Crippen molar-refractivity contribution in [1.82, 2.24) is 9.80 Å². The normalized spacial score (nSPS) is 18.8. The number of hydrogen-bond donors (Lipinski definition) is 0. The molecule has 5 heteroatoms. The lowest BCUT2D eigenvalue weighted by Crippen LogP contribution is -2.45. The summed E-state index contributed by atoms with van der Waals surface area (Å²) in [7, 11) is 0. The number of hydrogen-bond acceptors (Lipinski definition) is 4. The monoisotopic (exact) mass is 575 g/mol. The maximum Gasteiger partial charge on any atom is 0.133 e. The molecule has 0 amide bonds. The molecule has 3 rings (SSSR count). The largest absolute Gasteiger partial charge is 0.462 e. The molecule has 1 unspecified atom stereocenters. The van der Waals surface area contributed by atoms with E-state index in [4.69, 9.17) is 9.73 Å². The van der Waals surface area contributed by atoms with Gasteiger partial charge in [-0.1, -0.05) is 39.3 Å². The third-order valence-electron chi connectivity index (χ3n) is 9.13. The van der Waals surface area contributed by atoms with E-state index in [2.05, 4.69) is 82.6 Å². The number of rotatable bonds is 12. The summed E-state index contributed by atoms with van der Waals surface area (Å²) in [5, 5.41) is 0. The summed E-state index contributed by atoms with van der Waals surface area (Å²) in [6, 6.07) is 3.58. The Morgan fingerprint density at radius 1 is 1.05 bits per heavy atom. The van der Waals surface area contributed by atoms with Crippen molar-refractivity contribution in [1.29, 1.82) is 0 Å². The highest BCUT2D eigenvalue weighted by molar-refractivity contribution is 6.00. The average molecular weight is 576 g/mol. The van der Waals surface area contributed by atoms with Gasteiger partial charge in [-0.05, 0) is 121 Å². The van der Waals surface area contributed by atoms with E-state index in [9.17, 15) is 0 Å². The molecule has 0 aromatic heterocycles. The first-order valence-electron chi connectivity index (χ1n) is 16.1. The van der Waals surface area contributed by atoms with Crippen molar-refractivity contribution < 1.29 is 9.13 Å². The quantitative estimate of drug-likeness (QED) is 0.141. The lowest BCUT2D eigenvalue weighted by atomic mass is 9.88. The maximum absolute atomic E-state index is 15.4. The van der Waals surface area contributed by atoms with Crippen molar-refractivity contribution in [2.24, 2.45) is 10.9 Å². The highest BCUT2D eigenvalue weighted by Crippen LogP contribution is 2.34. The molecule has 1 saturated carbocycles. The number of likely N-dealkylation sites (N-methyl/N-ethyl adjacent to an activating group) is 1. The minimum absolute atomic E-state index is 0.250. The summed E-state index contributed by atoms with van der Waals surface area (Å²) in [5.74, 6) is 1.34. The van der Waals surface area contributed by atoms with Crippen LogP contribution in [-0.2, 0) is 0 Å². The first-order valence-corrected chi connectivity index (χ1v) is 16.1. The van der Waals surface area contributed by atoms with Crippen molar-refractivity contribution in [3.05, 3.63) is 81.6 Å². The predicted molar refractivity (Wildman–Crippen MR) is 178 cm³/mol. The highest BCUT2D eigenvalue weighted by Gasteiger charge is 2.18. The molecule has 2 fully saturated rings. The second-order valence-electron chi connectivity index (χ2n) is 11.9. The zero-order valence-electron chi connectivity index (χ0n) is 27.7. The number of benzene rings is 1. The Kier molecular flexibility index (Phi) is 12.8. The first kappa shape index (κ1) is 33.6. The van der Waals surface area contributed by atoms with Gasteiger partial charge in [0.05, 0.1) is 11.5 Å². The van der Waals surface area contributed by atoms with Crippen LogP contribution in [0.1, 0.15) is 98.6 Å².